The fourth-order valence-corrected chi connectivity index (χ4v) is 3.59. The topological polar surface area (TPSA) is 38.7 Å². The quantitative estimate of drug-likeness (QED) is 0.653. The van der Waals surface area contributed by atoms with Crippen LogP contribution in [-0.2, 0) is 0 Å². The van der Waals surface area contributed by atoms with Gasteiger partial charge >= 0.3 is 0 Å². The molecule has 1 unspecified atom stereocenters. The number of benzene rings is 1. The van der Waals surface area contributed by atoms with Crippen LogP contribution in [0.25, 0.3) is 0 Å². The normalized spacial score (nSPS) is 12.2. The first-order valence-corrected chi connectivity index (χ1v) is 8.91. The molecular weight excluding hydrogens is 423 g/mol. The zero-order valence-corrected chi connectivity index (χ0v) is 15.5. The second-order valence-electron chi connectivity index (χ2n) is 4.27. The molecule has 114 valence electrons. The Bertz CT molecular complexity index is 615. The van der Waals surface area contributed by atoms with E-state index in [1.54, 1.807) is 23.5 Å². The average molecular weight is 439 g/mol. The molecule has 1 aromatic heterocycles. The maximum atomic E-state index is 10.5. The first kappa shape index (κ1) is 16.9. The molecule has 1 N–H and O–H groups in total. The van der Waals surface area contributed by atoms with Crippen molar-refractivity contribution >= 4 is 45.5 Å². The van der Waals surface area contributed by atoms with Gasteiger partial charge < -0.3 is 14.6 Å². The lowest BCUT2D eigenvalue weighted by Gasteiger charge is -2.17. The van der Waals surface area contributed by atoms with Crippen molar-refractivity contribution in [3.05, 3.63) is 42.6 Å². The molecule has 2 aromatic rings. The van der Waals surface area contributed by atoms with Crippen LogP contribution in [0.5, 0.6) is 11.5 Å². The Morgan fingerprint density at radius 2 is 1.81 bits per heavy atom. The van der Waals surface area contributed by atoms with Gasteiger partial charge in [-0.25, -0.2) is 0 Å². The first-order chi connectivity index (χ1) is 10.1. The van der Waals surface area contributed by atoms with Crippen molar-refractivity contribution in [2.75, 3.05) is 13.2 Å². The second kappa shape index (κ2) is 7.67. The molecule has 0 spiro atoms. The minimum Gasteiger partial charge on any atom is -0.490 e. The highest BCUT2D eigenvalue weighted by molar-refractivity contribution is 14.1. The van der Waals surface area contributed by atoms with Gasteiger partial charge in [-0.1, -0.05) is 11.6 Å². The fraction of sp³-hybridized carbons (Fsp3) is 0.333. The predicted octanol–water partition coefficient (Wildman–Crippen LogP) is 4.89. The fourth-order valence-electron chi connectivity index (χ4n) is 1.94. The van der Waals surface area contributed by atoms with Crippen LogP contribution >= 0.6 is 45.5 Å². The lowest BCUT2D eigenvalue weighted by atomic mass is 10.0. The Morgan fingerprint density at radius 1 is 1.19 bits per heavy atom. The number of rotatable bonds is 6. The number of aliphatic hydroxyl groups excluding tert-OH is 1. The molecule has 1 heterocycles. The first-order valence-electron chi connectivity index (χ1n) is 6.57. The molecule has 3 nitrogen and oxygen atoms in total. The molecule has 0 saturated heterocycles. The van der Waals surface area contributed by atoms with E-state index < -0.39 is 6.10 Å². The van der Waals surface area contributed by atoms with Gasteiger partial charge in [0.1, 0.15) is 6.10 Å². The summed E-state index contributed by atoms with van der Waals surface area (Å²) in [6, 6.07) is 5.40. The Kier molecular flexibility index (Phi) is 6.16. The standard InChI is InChI=1S/C15H16ClIO3S/c1-3-19-12-6-10(11(16)7-13(12)20-4-2)15(18)9-5-14(17)21-8-9/h5-8,15,18H,3-4H2,1-2H3. The number of thiophene rings is 1. The number of hydrogen-bond acceptors (Lipinski definition) is 4. The monoisotopic (exact) mass is 438 g/mol. The maximum Gasteiger partial charge on any atom is 0.162 e. The summed E-state index contributed by atoms with van der Waals surface area (Å²) in [5.74, 6) is 1.20. The molecule has 21 heavy (non-hydrogen) atoms. The summed E-state index contributed by atoms with van der Waals surface area (Å²) in [7, 11) is 0. The smallest absolute Gasteiger partial charge is 0.162 e. The van der Waals surface area contributed by atoms with Crippen molar-refractivity contribution in [2.24, 2.45) is 0 Å². The molecule has 1 atom stereocenters. The van der Waals surface area contributed by atoms with E-state index in [0.717, 1.165) is 8.45 Å². The van der Waals surface area contributed by atoms with E-state index in [4.69, 9.17) is 21.1 Å². The van der Waals surface area contributed by atoms with Gasteiger partial charge in [-0.3, -0.25) is 0 Å². The van der Waals surface area contributed by atoms with Crippen molar-refractivity contribution in [2.45, 2.75) is 20.0 Å². The summed E-state index contributed by atoms with van der Waals surface area (Å²) in [5, 5.41) is 12.9. The summed E-state index contributed by atoms with van der Waals surface area (Å²) in [4.78, 5) is 0. The molecular formula is C15H16ClIO3S. The Morgan fingerprint density at radius 3 is 2.33 bits per heavy atom. The highest BCUT2D eigenvalue weighted by Crippen LogP contribution is 2.39. The molecule has 0 radical (unpaired) electrons. The van der Waals surface area contributed by atoms with Gasteiger partial charge in [0.15, 0.2) is 11.5 Å². The van der Waals surface area contributed by atoms with Crippen LogP contribution in [0.4, 0.5) is 0 Å². The minimum atomic E-state index is -0.771. The van der Waals surface area contributed by atoms with Gasteiger partial charge in [-0.05, 0) is 59.5 Å². The zero-order valence-electron chi connectivity index (χ0n) is 11.7. The molecule has 6 heteroatoms. The van der Waals surface area contributed by atoms with Crippen LogP contribution in [0, 0.1) is 2.88 Å². The summed E-state index contributed by atoms with van der Waals surface area (Å²) in [6.45, 7) is 4.86. The van der Waals surface area contributed by atoms with E-state index in [2.05, 4.69) is 22.6 Å². The number of halogens is 2. The molecule has 2 rings (SSSR count). The largest absolute Gasteiger partial charge is 0.490 e. The Hall–Kier alpha value is -0.500. The van der Waals surface area contributed by atoms with Gasteiger partial charge in [0.05, 0.1) is 21.1 Å². The summed E-state index contributed by atoms with van der Waals surface area (Å²) in [6.07, 6.45) is -0.771. The van der Waals surface area contributed by atoms with Crippen LogP contribution in [-0.4, -0.2) is 18.3 Å². The van der Waals surface area contributed by atoms with Crippen molar-refractivity contribution < 1.29 is 14.6 Å². The molecule has 0 aliphatic carbocycles. The lowest BCUT2D eigenvalue weighted by molar-refractivity contribution is 0.219. The summed E-state index contributed by atoms with van der Waals surface area (Å²) < 4.78 is 12.2. The molecule has 0 amide bonds. The lowest BCUT2D eigenvalue weighted by Crippen LogP contribution is -2.03. The van der Waals surface area contributed by atoms with E-state index >= 15 is 0 Å². The maximum absolute atomic E-state index is 10.5. The van der Waals surface area contributed by atoms with E-state index in [0.29, 0.717) is 35.3 Å². The summed E-state index contributed by atoms with van der Waals surface area (Å²) in [5.41, 5.74) is 1.45. The highest BCUT2D eigenvalue weighted by atomic mass is 127. The van der Waals surface area contributed by atoms with Gasteiger partial charge in [-0.15, -0.1) is 11.3 Å². The molecule has 0 aliphatic heterocycles. The van der Waals surface area contributed by atoms with Gasteiger partial charge in [0.25, 0.3) is 0 Å². The predicted molar refractivity (Wildman–Crippen MR) is 94.9 cm³/mol. The average Bonchev–Trinajstić information content (AvgIpc) is 2.88. The van der Waals surface area contributed by atoms with E-state index in [1.807, 2.05) is 25.3 Å². The van der Waals surface area contributed by atoms with Gasteiger partial charge in [0.2, 0.25) is 0 Å². The van der Waals surface area contributed by atoms with Crippen LogP contribution < -0.4 is 9.47 Å². The second-order valence-corrected chi connectivity index (χ2v) is 7.49. The van der Waals surface area contributed by atoms with Gasteiger partial charge in [-0.2, -0.15) is 0 Å². The molecule has 0 fully saturated rings. The van der Waals surface area contributed by atoms with Crippen molar-refractivity contribution in [1.82, 2.24) is 0 Å². The van der Waals surface area contributed by atoms with Gasteiger partial charge in [0, 0.05) is 11.6 Å². The number of aliphatic hydroxyl groups is 1. The third-order valence-corrected chi connectivity index (χ3v) is 5.00. The minimum absolute atomic E-state index is 0.468. The van der Waals surface area contributed by atoms with Crippen LogP contribution in [0.2, 0.25) is 5.02 Å². The van der Waals surface area contributed by atoms with Crippen LogP contribution in [0.1, 0.15) is 31.1 Å². The molecule has 1 aromatic carbocycles. The molecule has 0 aliphatic rings. The SMILES string of the molecule is CCOc1cc(Cl)c(C(O)c2csc(I)c2)cc1OCC. The highest BCUT2D eigenvalue weighted by Gasteiger charge is 2.19. The third kappa shape index (κ3) is 4.03. The van der Waals surface area contributed by atoms with Crippen molar-refractivity contribution in [3.8, 4) is 11.5 Å². The number of hydrogen-bond donors (Lipinski definition) is 1. The zero-order chi connectivity index (χ0) is 15.4. The molecule has 0 saturated carbocycles. The van der Waals surface area contributed by atoms with E-state index in [-0.39, 0.29) is 0 Å². The Balaban J connectivity index is 2.40. The van der Waals surface area contributed by atoms with Crippen molar-refractivity contribution in [3.63, 3.8) is 0 Å². The Labute approximate surface area is 147 Å². The van der Waals surface area contributed by atoms with E-state index in [9.17, 15) is 5.11 Å². The third-order valence-electron chi connectivity index (χ3n) is 2.86. The number of ether oxygens (including phenoxy) is 2. The van der Waals surface area contributed by atoms with Crippen molar-refractivity contribution in [1.29, 1.82) is 0 Å². The van der Waals surface area contributed by atoms with Crippen LogP contribution in [0.3, 0.4) is 0 Å². The van der Waals surface area contributed by atoms with E-state index in [1.165, 1.54) is 0 Å². The summed E-state index contributed by atoms with van der Waals surface area (Å²) >= 11 is 10.1. The molecule has 0 bridgehead atoms. The van der Waals surface area contributed by atoms with Crippen LogP contribution in [0.15, 0.2) is 23.6 Å².